The Morgan fingerprint density at radius 1 is 1.33 bits per heavy atom. The van der Waals surface area contributed by atoms with Gasteiger partial charge in [-0.05, 0) is 69.8 Å². The minimum Gasteiger partial charge on any atom is -0.314 e. The van der Waals surface area contributed by atoms with E-state index in [-0.39, 0.29) is 5.82 Å². The molecule has 1 aliphatic rings. The van der Waals surface area contributed by atoms with Crippen LogP contribution in [0.15, 0.2) is 24.3 Å². The standard InChI is InChI=1S/C17H22FN3/c1-12-17(7-4-10-19-15-8-9-15)13(2)21(20-12)16-6-3-5-14(18)11-16/h3,5-6,11,15,19H,4,7-10H2,1-2H3. The summed E-state index contributed by atoms with van der Waals surface area (Å²) in [4.78, 5) is 0. The molecule has 0 unspecified atom stereocenters. The van der Waals surface area contributed by atoms with Gasteiger partial charge in [0.2, 0.25) is 0 Å². The molecule has 4 heteroatoms. The Kier molecular flexibility index (Phi) is 4.06. The van der Waals surface area contributed by atoms with Gasteiger partial charge in [-0.2, -0.15) is 5.10 Å². The van der Waals surface area contributed by atoms with E-state index in [2.05, 4.69) is 17.3 Å². The van der Waals surface area contributed by atoms with Gasteiger partial charge in [-0.15, -0.1) is 0 Å². The fraction of sp³-hybridized carbons (Fsp3) is 0.471. The number of aromatic nitrogens is 2. The second kappa shape index (κ2) is 5.98. The van der Waals surface area contributed by atoms with Crippen molar-refractivity contribution in [3.05, 3.63) is 47.0 Å². The van der Waals surface area contributed by atoms with Crippen molar-refractivity contribution in [1.82, 2.24) is 15.1 Å². The smallest absolute Gasteiger partial charge is 0.125 e. The van der Waals surface area contributed by atoms with Gasteiger partial charge in [-0.3, -0.25) is 0 Å². The first-order valence-electron chi connectivity index (χ1n) is 7.69. The summed E-state index contributed by atoms with van der Waals surface area (Å²) >= 11 is 0. The first-order valence-corrected chi connectivity index (χ1v) is 7.69. The molecule has 0 bridgehead atoms. The molecule has 1 saturated carbocycles. The van der Waals surface area contributed by atoms with Gasteiger partial charge in [0.05, 0.1) is 11.4 Å². The highest BCUT2D eigenvalue weighted by Gasteiger charge is 2.20. The third-order valence-electron chi connectivity index (χ3n) is 4.11. The fourth-order valence-electron chi connectivity index (χ4n) is 2.75. The van der Waals surface area contributed by atoms with Gasteiger partial charge >= 0.3 is 0 Å². The van der Waals surface area contributed by atoms with Crippen LogP contribution in [0.3, 0.4) is 0 Å². The van der Waals surface area contributed by atoms with Crippen molar-refractivity contribution < 1.29 is 4.39 Å². The lowest BCUT2D eigenvalue weighted by Gasteiger charge is -2.06. The van der Waals surface area contributed by atoms with E-state index in [0.717, 1.165) is 42.5 Å². The minimum atomic E-state index is -0.227. The highest BCUT2D eigenvalue weighted by molar-refractivity contribution is 5.37. The maximum Gasteiger partial charge on any atom is 0.125 e. The van der Waals surface area contributed by atoms with E-state index in [9.17, 15) is 4.39 Å². The molecule has 0 aliphatic heterocycles. The Hall–Kier alpha value is -1.68. The Balaban J connectivity index is 1.72. The zero-order valence-corrected chi connectivity index (χ0v) is 12.7. The second-order valence-electron chi connectivity index (χ2n) is 5.87. The summed E-state index contributed by atoms with van der Waals surface area (Å²) < 4.78 is 15.2. The van der Waals surface area contributed by atoms with Crippen LogP contribution in [0.5, 0.6) is 0 Å². The predicted molar refractivity (Wildman–Crippen MR) is 82.3 cm³/mol. The molecule has 1 heterocycles. The average molecular weight is 287 g/mol. The van der Waals surface area contributed by atoms with Crippen LogP contribution in [0.4, 0.5) is 4.39 Å². The number of nitrogens with one attached hydrogen (secondary N) is 1. The van der Waals surface area contributed by atoms with Gasteiger partial charge in [0.25, 0.3) is 0 Å². The summed E-state index contributed by atoms with van der Waals surface area (Å²) in [6.45, 7) is 5.16. The van der Waals surface area contributed by atoms with E-state index in [0.29, 0.717) is 0 Å². The Bertz CT molecular complexity index is 629. The summed E-state index contributed by atoms with van der Waals surface area (Å²) in [5, 5.41) is 8.11. The molecule has 2 aromatic rings. The van der Waals surface area contributed by atoms with E-state index in [1.54, 1.807) is 6.07 Å². The molecule has 3 nitrogen and oxygen atoms in total. The molecule has 0 saturated heterocycles. The Labute approximate surface area is 125 Å². The van der Waals surface area contributed by atoms with Crippen LogP contribution >= 0.6 is 0 Å². The highest BCUT2D eigenvalue weighted by Crippen LogP contribution is 2.21. The number of halogens is 1. The number of hydrogen-bond donors (Lipinski definition) is 1. The molecule has 112 valence electrons. The molecule has 0 radical (unpaired) electrons. The molecule has 0 amide bonds. The Morgan fingerprint density at radius 2 is 2.14 bits per heavy atom. The number of rotatable bonds is 6. The third-order valence-corrected chi connectivity index (χ3v) is 4.11. The van der Waals surface area contributed by atoms with Crippen molar-refractivity contribution in [2.24, 2.45) is 0 Å². The molecule has 1 fully saturated rings. The third kappa shape index (κ3) is 3.32. The Morgan fingerprint density at radius 3 is 2.86 bits per heavy atom. The first-order chi connectivity index (χ1) is 10.1. The molecule has 0 atom stereocenters. The van der Waals surface area contributed by atoms with Gasteiger partial charge in [0.15, 0.2) is 0 Å². The zero-order valence-electron chi connectivity index (χ0n) is 12.7. The van der Waals surface area contributed by atoms with Crippen molar-refractivity contribution in [3.8, 4) is 5.69 Å². The topological polar surface area (TPSA) is 29.9 Å². The maximum absolute atomic E-state index is 13.4. The molecule has 3 rings (SSSR count). The SMILES string of the molecule is Cc1nn(-c2cccc(F)c2)c(C)c1CCCNC1CC1. The number of benzene rings is 1. The van der Waals surface area contributed by atoms with Crippen LogP contribution in [0.25, 0.3) is 5.69 Å². The van der Waals surface area contributed by atoms with Gasteiger partial charge in [-0.25, -0.2) is 9.07 Å². The summed E-state index contributed by atoms with van der Waals surface area (Å²) in [5.74, 6) is -0.227. The van der Waals surface area contributed by atoms with E-state index in [1.807, 2.05) is 17.7 Å². The maximum atomic E-state index is 13.4. The number of aryl methyl sites for hydroxylation is 1. The normalized spacial score (nSPS) is 14.6. The van der Waals surface area contributed by atoms with Crippen molar-refractivity contribution in [2.75, 3.05) is 6.54 Å². The zero-order chi connectivity index (χ0) is 14.8. The van der Waals surface area contributed by atoms with Crippen LogP contribution < -0.4 is 5.32 Å². The molecular weight excluding hydrogens is 265 g/mol. The van der Waals surface area contributed by atoms with Crippen LogP contribution in [0, 0.1) is 19.7 Å². The van der Waals surface area contributed by atoms with Crippen LogP contribution in [0.2, 0.25) is 0 Å². The molecular formula is C17H22FN3. The van der Waals surface area contributed by atoms with Crippen molar-refractivity contribution in [2.45, 2.75) is 45.6 Å². The van der Waals surface area contributed by atoms with Gasteiger partial charge in [-0.1, -0.05) is 6.07 Å². The summed E-state index contributed by atoms with van der Waals surface area (Å²) in [7, 11) is 0. The lowest BCUT2D eigenvalue weighted by Crippen LogP contribution is -2.18. The molecule has 1 aliphatic carbocycles. The predicted octanol–water partition coefficient (Wildman–Crippen LogP) is 3.31. The average Bonchev–Trinajstić information content (AvgIpc) is 3.23. The van der Waals surface area contributed by atoms with Crippen molar-refractivity contribution >= 4 is 0 Å². The van der Waals surface area contributed by atoms with Crippen molar-refractivity contribution in [1.29, 1.82) is 0 Å². The number of nitrogens with zero attached hydrogens (tertiary/aromatic N) is 2. The summed E-state index contributed by atoms with van der Waals surface area (Å²) in [6, 6.07) is 7.36. The van der Waals surface area contributed by atoms with Crippen LogP contribution in [-0.4, -0.2) is 22.4 Å². The minimum absolute atomic E-state index is 0.227. The molecule has 1 aromatic heterocycles. The molecule has 21 heavy (non-hydrogen) atoms. The fourth-order valence-corrected chi connectivity index (χ4v) is 2.75. The monoisotopic (exact) mass is 287 g/mol. The van der Waals surface area contributed by atoms with Crippen LogP contribution in [0.1, 0.15) is 36.2 Å². The van der Waals surface area contributed by atoms with E-state index < -0.39 is 0 Å². The van der Waals surface area contributed by atoms with E-state index in [1.165, 1.54) is 30.5 Å². The van der Waals surface area contributed by atoms with E-state index in [4.69, 9.17) is 0 Å². The molecule has 1 aromatic carbocycles. The number of hydrogen-bond acceptors (Lipinski definition) is 2. The first kappa shape index (κ1) is 14.3. The summed E-state index contributed by atoms with van der Waals surface area (Å²) in [5.41, 5.74) is 4.24. The quantitative estimate of drug-likeness (QED) is 0.826. The highest BCUT2D eigenvalue weighted by atomic mass is 19.1. The second-order valence-corrected chi connectivity index (χ2v) is 5.87. The van der Waals surface area contributed by atoms with E-state index >= 15 is 0 Å². The van der Waals surface area contributed by atoms with Crippen molar-refractivity contribution in [3.63, 3.8) is 0 Å². The summed E-state index contributed by atoms with van der Waals surface area (Å²) in [6.07, 6.45) is 4.80. The van der Waals surface area contributed by atoms with Crippen LogP contribution in [-0.2, 0) is 6.42 Å². The molecule has 1 N–H and O–H groups in total. The largest absolute Gasteiger partial charge is 0.314 e. The lowest BCUT2D eigenvalue weighted by molar-refractivity contribution is 0.625. The van der Waals surface area contributed by atoms with Gasteiger partial charge in [0, 0.05) is 11.7 Å². The van der Waals surface area contributed by atoms with Gasteiger partial charge in [0.1, 0.15) is 5.82 Å². The van der Waals surface area contributed by atoms with Gasteiger partial charge < -0.3 is 5.32 Å². The lowest BCUT2D eigenvalue weighted by atomic mass is 10.1. The molecule has 0 spiro atoms.